The lowest BCUT2D eigenvalue weighted by molar-refractivity contribution is -0.0514. The third kappa shape index (κ3) is 7.10. The van der Waals surface area contributed by atoms with Gasteiger partial charge in [0.15, 0.2) is 11.5 Å². The molecule has 2 unspecified atom stereocenters. The van der Waals surface area contributed by atoms with Crippen LogP contribution < -0.4 is 14.2 Å². The van der Waals surface area contributed by atoms with Crippen LogP contribution in [0, 0.1) is 5.92 Å². The molecular weight excluding hydrogens is 448 g/mol. The molecule has 2 atom stereocenters. The molecule has 0 radical (unpaired) electrons. The second-order valence-corrected chi connectivity index (χ2v) is 9.20. The van der Waals surface area contributed by atoms with Gasteiger partial charge in [-0.15, -0.1) is 0 Å². The molecule has 1 amide bonds. The SMILES string of the molecule is COc1cc(C(=O)N(CC(C)C)CC2CN(CC(O)c3ccccc3)CCO2)cc(OC)c1OC. The van der Waals surface area contributed by atoms with Crippen LogP contribution in [0.2, 0.25) is 0 Å². The molecule has 2 aromatic carbocycles. The number of carbonyl (C=O) groups is 1. The van der Waals surface area contributed by atoms with Crippen LogP contribution in [0.5, 0.6) is 17.2 Å². The van der Waals surface area contributed by atoms with Crippen molar-refractivity contribution in [1.29, 1.82) is 0 Å². The minimum Gasteiger partial charge on any atom is -0.493 e. The molecule has 0 aromatic heterocycles. The molecular formula is C27H38N2O6. The quantitative estimate of drug-likeness (QED) is 0.522. The molecule has 192 valence electrons. The second kappa shape index (κ2) is 12.8. The van der Waals surface area contributed by atoms with Crippen molar-refractivity contribution in [2.24, 2.45) is 5.92 Å². The van der Waals surface area contributed by atoms with Gasteiger partial charge in [-0.05, 0) is 23.6 Å². The van der Waals surface area contributed by atoms with Crippen molar-refractivity contribution in [2.45, 2.75) is 26.1 Å². The summed E-state index contributed by atoms with van der Waals surface area (Å²) in [6.07, 6.45) is -0.723. The van der Waals surface area contributed by atoms with E-state index in [0.717, 1.165) is 12.1 Å². The minimum atomic E-state index is -0.567. The van der Waals surface area contributed by atoms with Crippen LogP contribution in [0.15, 0.2) is 42.5 Å². The number of amides is 1. The van der Waals surface area contributed by atoms with E-state index in [1.807, 2.05) is 35.2 Å². The summed E-state index contributed by atoms with van der Waals surface area (Å²) in [6, 6.07) is 13.0. The molecule has 2 aromatic rings. The number of carbonyl (C=O) groups excluding carboxylic acids is 1. The predicted octanol–water partition coefficient (Wildman–Crippen LogP) is 3.25. The van der Waals surface area contributed by atoms with E-state index >= 15 is 0 Å². The molecule has 1 saturated heterocycles. The zero-order valence-electron chi connectivity index (χ0n) is 21.4. The number of β-amino-alcohol motifs (C(OH)–C–C–N with tert-alkyl or cyclic N) is 1. The summed E-state index contributed by atoms with van der Waals surface area (Å²) in [4.78, 5) is 17.6. The molecule has 1 aliphatic rings. The summed E-state index contributed by atoms with van der Waals surface area (Å²) in [5.41, 5.74) is 1.36. The van der Waals surface area contributed by atoms with Crippen LogP contribution in [-0.2, 0) is 4.74 Å². The number of benzene rings is 2. The second-order valence-electron chi connectivity index (χ2n) is 9.20. The number of nitrogens with zero attached hydrogens (tertiary/aromatic N) is 2. The number of aliphatic hydroxyl groups excluding tert-OH is 1. The Balaban J connectivity index is 1.73. The molecule has 0 bridgehead atoms. The van der Waals surface area contributed by atoms with E-state index in [2.05, 4.69) is 18.7 Å². The molecule has 0 aliphatic carbocycles. The fraction of sp³-hybridized carbons (Fsp3) is 0.519. The van der Waals surface area contributed by atoms with Crippen LogP contribution in [0.25, 0.3) is 0 Å². The van der Waals surface area contributed by atoms with E-state index in [0.29, 0.717) is 55.6 Å². The number of morpholine rings is 1. The van der Waals surface area contributed by atoms with E-state index in [1.165, 1.54) is 21.3 Å². The van der Waals surface area contributed by atoms with Crippen LogP contribution in [0.3, 0.4) is 0 Å². The molecule has 0 spiro atoms. The van der Waals surface area contributed by atoms with Gasteiger partial charge < -0.3 is 29.0 Å². The van der Waals surface area contributed by atoms with E-state index in [-0.39, 0.29) is 17.9 Å². The Labute approximate surface area is 208 Å². The summed E-state index contributed by atoms with van der Waals surface area (Å²) >= 11 is 0. The van der Waals surface area contributed by atoms with Gasteiger partial charge in [-0.2, -0.15) is 0 Å². The molecule has 8 heteroatoms. The Kier molecular flexibility index (Phi) is 9.77. The summed E-state index contributed by atoms with van der Waals surface area (Å²) in [5, 5.41) is 10.7. The summed E-state index contributed by atoms with van der Waals surface area (Å²) in [5.74, 6) is 1.48. The highest BCUT2D eigenvalue weighted by Crippen LogP contribution is 2.38. The fourth-order valence-electron chi connectivity index (χ4n) is 4.40. The number of aliphatic hydroxyl groups is 1. The van der Waals surface area contributed by atoms with Gasteiger partial charge in [0.25, 0.3) is 5.91 Å². The van der Waals surface area contributed by atoms with Gasteiger partial charge in [-0.3, -0.25) is 9.69 Å². The van der Waals surface area contributed by atoms with Crippen molar-refractivity contribution >= 4 is 5.91 Å². The van der Waals surface area contributed by atoms with Gasteiger partial charge in [-0.1, -0.05) is 44.2 Å². The van der Waals surface area contributed by atoms with E-state index in [1.54, 1.807) is 12.1 Å². The Morgan fingerprint density at radius 3 is 2.34 bits per heavy atom. The lowest BCUT2D eigenvalue weighted by Crippen LogP contribution is -2.50. The lowest BCUT2D eigenvalue weighted by atomic mass is 10.1. The highest BCUT2D eigenvalue weighted by molar-refractivity contribution is 5.95. The first-order valence-electron chi connectivity index (χ1n) is 12.0. The molecule has 8 nitrogen and oxygen atoms in total. The van der Waals surface area contributed by atoms with E-state index in [9.17, 15) is 9.90 Å². The Hall–Kier alpha value is -2.81. The van der Waals surface area contributed by atoms with Crippen molar-refractivity contribution < 1.29 is 28.8 Å². The van der Waals surface area contributed by atoms with Crippen molar-refractivity contribution in [3.63, 3.8) is 0 Å². The van der Waals surface area contributed by atoms with Gasteiger partial charge in [0.05, 0.1) is 40.1 Å². The lowest BCUT2D eigenvalue weighted by Gasteiger charge is -2.37. The van der Waals surface area contributed by atoms with Crippen LogP contribution >= 0.6 is 0 Å². The fourth-order valence-corrected chi connectivity index (χ4v) is 4.40. The highest BCUT2D eigenvalue weighted by atomic mass is 16.5. The minimum absolute atomic E-state index is 0.122. The number of hydrogen-bond donors (Lipinski definition) is 1. The van der Waals surface area contributed by atoms with Gasteiger partial charge in [-0.25, -0.2) is 0 Å². The van der Waals surface area contributed by atoms with Crippen LogP contribution in [-0.4, -0.2) is 87.6 Å². The molecule has 35 heavy (non-hydrogen) atoms. The normalized spacial score (nSPS) is 17.2. The molecule has 1 heterocycles. The molecule has 1 fully saturated rings. The number of hydrogen-bond acceptors (Lipinski definition) is 7. The highest BCUT2D eigenvalue weighted by Gasteiger charge is 2.28. The average Bonchev–Trinajstić information content (AvgIpc) is 2.87. The summed E-state index contributed by atoms with van der Waals surface area (Å²) in [6.45, 7) is 7.66. The number of ether oxygens (including phenoxy) is 4. The Morgan fingerprint density at radius 2 is 1.77 bits per heavy atom. The van der Waals surface area contributed by atoms with Crippen molar-refractivity contribution in [1.82, 2.24) is 9.80 Å². The Morgan fingerprint density at radius 1 is 1.11 bits per heavy atom. The molecule has 3 rings (SSSR count). The van der Waals surface area contributed by atoms with Crippen LogP contribution in [0.1, 0.15) is 35.9 Å². The maximum Gasteiger partial charge on any atom is 0.254 e. The summed E-state index contributed by atoms with van der Waals surface area (Å²) < 4.78 is 22.3. The maximum absolute atomic E-state index is 13.6. The smallest absolute Gasteiger partial charge is 0.254 e. The van der Waals surface area contributed by atoms with E-state index in [4.69, 9.17) is 18.9 Å². The third-order valence-electron chi connectivity index (χ3n) is 6.05. The monoisotopic (exact) mass is 486 g/mol. The van der Waals surface area contributed by atoms with Crippen LogP contribution in [0.4, 0.5) is 0 Å². The third-order valence-corrected chi connectivity index (χ3v) is 6.05. The first-order valence-corrected chi connectivity index (χ1v) is 12.0. The van der Waals surface area contributed by atoms with Crippen molar-refractivity contribution in [2.75, 3.05) is 60.7 Å². The predicted molar refractivity (Wildman–Crippen MR) is 134 cm³/mol. The maximum atomic E-state index is 13.6. The largest absolute Gasteiger partial charge is 0.493 e. The number of rotatable bonds is 11. The zero-order chi connectivity index (χ0) is 25.4. The summed E-state index contributed by atoms with van der Waals surface area (Å²) in [7, 11) is 4.60. The van der Waals surface area contributed by atoms with Crippen molar-refractivity contribution in [3.8, 4) is 17.2 Å². The molecule has 0 saturated carbocycles. The topological polar surface area (TPSA) is 80.7 Å². The van der Waals surface area contributed by atoms with Gasteiger partial charge >= 0.3 is 0 Å². The molecule has 1 aliphatic heterocycles. The van der Waals surface area contributed by atoms with Gasteiger partial charge in [0.1, 0.15) is 0 Å². The van der Waals surface area contributed by atoms with Crippen molar-refractivity contribution in [3.05, 3.63) is 53.6 Å². The van der Waals surface area contributed by atoms with Gasteiger partial charge in [0.2, 0.25) is 5.75 Å². The first-order chi connectivity index (χ1) is 16.9. The zero-order valence-corrected chi connectivity index (χ0v) is 21.4. The average molecular weight is 487 g/mol. The van der Waals surface area contributed by atoms with E-state index < -0.39 is 6.10 Å². The van der Waals surface area contributed by atoms with Gasteiger partial charge in [0, 0.05) is 38.3 Å². The standard InChI is InChI=1S/C27H38N2O6/c1-19(2)15-29(27(31)21-13-24(32-3)26(34-5)25(14-21)33-4)17-22-16-28(11-12-35-22)18-23(30)20-9-7-6-8-10-20/h6-10,13-14,19,22-23,30H,11-12,15-18H2,1-5H3. The number of methoxy groups -OCH3 is 3. The first kappa shape index (κ1) is 26.8. The molecule has 1 N–H and O–H groups in total. The Bertz CT molecular complexity index is 927.